The van der Waals surface area contributed by atoms with Gasteiger partial charge in [0.15, 0.2) is 0 Å². The maximum atomic E-state index is 2.69. The van der Waals surface area contributed by atoms with Crippen molar-refractivity contribution in [3.05, 3.63) is 0 Å². The van der Waals surface area contributed by atoms with Crippen molar-refractivity contribution in [3.8, 4) is 0 Å². The zero-order valence-electron chi connectivity index (χ0n) is 11.8. The summed E-state index contributed by atoms with van der Waals surface area (Å²) < 4.78 is 0. The van der Waals surface area contributed by atoms with Crippen molar-refractivity contribution >= 4 is 12.4 Å². The SMILES string of the molecule is CCCCCN(CCCCC)C(C)CC.Cl. The molecule has 1 atom stereocenters. The van der Waals surface area contributed by atoms with Crippen LogP contribution in [0.4, 0.5) is 0 Å². The molecule has 1 nitrogen and oxygen atoms in total. The Morgan fingerprint density at radius 1 is 0.812 bits per heavy atom. The molecule has 0 fully saturated rings. The van der Waals surface area contributed by atoms with Crippen LogP contribution in [0.15, 0.2) is 0 Å². The van der Waals surface area contributed by atoms with Crippen molar-refractivity contribution in [3.63, 3.8) is 0 Å². The molecule has 0 aliphatic carbocycles. The molecule has 2 heteroatoms. The summed E-state index contributed by atoms with van der Waals surface area (Å²) in [7, 11) is 0. The first-order valence-corrected chi connectivity index (χ1v) is 7.00. The van der Waals surface area contributed by atoms with E-state index >= 15 is 0 Å². The van der Waals surface area contributed by atoms with E-state index in [4.69, 9.17) is 0 Å². The van der Waals surface area contributed by atoms with E-state index in [-0.39, 0.29) is 12.4 Å². The molecule has 16 heavy (non-hydrogen) atoms. The highest BCUT2D eigenvalue weighted by molar-refractivity contribution is 5.85. The van der Waals surface area contributed by atoms with Crippen molar-refractivity contribution in [1.29, 1.82) is 0 Å². The molecule has 0 aliphatic heterocycles. The van der Waals surface area contributed by atoms with E-state index in [1.54, 1.807) is 0 Å². The van der Waals surface area contributed by atoms with Crippen LogP contribution in [0.2, 0.25) is 0 Å². The fourth-order valence-corrected chi connectivity index (χ4v) is 1.94. The lowest BCUT2D eigenvalue weighted by Crippen LogP contribution is -2.34. The van der Waals surface area contributed by atoms with E-state index in [1.165, 1.54) is 58.0 Å². The highest BCUT2D eigenvalue weighted by Gasteiger charge is 2.10. The van der Waals surface area contributed by atoms with Gasteiger partial charge in [0.1, 0.15) is 0 Å². The predicted octanol–water partition coefficient (Wildman–Crippen LogP) is 4.89. The molecule has 0 radical (unpaired) electrons. The van der Waals surface area contributed by atoms with E-state index in [2.05, 4.69) is 32.6 Å². The topological polar surface area (TPSA) is 3.24 Å². The van der Waals surface area contributed by atoms with Gasteiger partial charge in [-0.1, -0.05) is 46.5 Å². The van der Waals surface area contributed by atoms with Crippen LogP contribution in [0, 0.1) is 0 Å². The molecule has 0 saturated carbocycles. The molecule has 0 aromatic rings. The Hall–Kier alpha value is 0.250. The lowest BCUT2D eigenvalue weighted by atomic mass is 10.1. The fourth-order valence-electron chi connectivity index (χ4n) is 1.94. The molecule has 0 spiro atoms. The van der Waals surface area contributed by atoms with Crippen LogP contribution >= 0.6 is 12.4 Å². The molecule has 0 aromatic carbocycles. The monoisotopic (exact) mass is 249 g/mol. The quantitative estimate of drug-likeness (QED) is 0.499. The van der Waals surface area contributed by atoms with Gasteiger partial charge in [0.05, 0.1) is 0 Å². The van der Waals surface area contributed by atoms with Gasteiger partial charge in [0.25, 0.3) is 0 Å². The lowest BCUT2D eigenvalue weighted by molar-refractivity contribution is 0.196. The number of hydrogen-bond acceptors (Lipinski definition) is 1. The molecule has 0 aliphatic rings. The zero-order chi connectivity index (χ0) is 11.5. The summed E-state index contributed by atoms with van der Waals surface area (Å²) in [5, 5.41) is 0. The normalized spacial score (nSPS) is 12.6. The standard InChI is InChI=1S/C14H31N.ClH/c1-5-8-10-12-15(14(4)7-3)13-11-9-6-2;/h14H,5-13H2,1-4H3;1H. The Morgan fingerprint density at radius 3 is 1.56 bits per heavy atom. The van der Waals surface area contributed by atoms with Crippen LogP contribution in [0.25, 0.3) is 0 Å². The van der Waals surface area contributed by atoms with Crippen LogP contribution in [0.1, 0.15) is 72.6 Å². The highest BCUT2D eigenvalue weighted by Crippen LogP contribution is 2.09. The molecular weight excluding hydrogens is 218 g/mol. The summed E-state index contributed by atoms with van der Waals surface area (Å²) in [5.74, 6) is 0. The summed E-state index contributed by atoms with van der Waals surface area (Å²) in [6.45, 7) is 11.9. The van der Waals surface area contributed by atoms with E-state index in [0.717, 1.165) is 6.04 Å². The largest absolute Gasteiger partial charge is 0.301 e. The maximum absolute atomic E-state index is 2.69. The molecule has 0 N–H and O–H groups in total. The van der Waals surface area contributed by atoms with E-state index in [1.807, 2.05) is 0 Å². The minimum Gasteiger partial charge on any atom is -0.301 e. The molecule has 0 saturated heterocycles. The third kappa shape index (κ3) is 9.47. The molecule has 0 bridgehead atoms. The van der Waals surface area contributed by atoms with Gasteiger partial charge in [-0.15, -0.1) is 12.4 Å². The average molecular weight is 250 g/mol. The van der Waals surface area contributed by atoms with Crippen LogP contribution in [-0.2, 0) is 0 Å². The van der Waals surface area contributed by atoms with Gasteiger partial charge in [0, 0.05) is 6.04 Å². The number of unbranched alkanes of at least 4 members (excludes halogenated alkanes) is 4. The Labute approximate surface area is 109 Å². The van der Waals surface area contributed by atoms with E-state index in [9.17, 15) is 0 Å². The molecule has 100 valence electrons. The van der Waals surface area contributed by atoms with Gasteiger partial charge in [-0.05, 0) is 39.3 Å². The first-order chi connectivity index (χ1) is 7.26. The van der Waals surface area contributed by atoms with Gasteiger partial charge < -0.3 is 4.90 Å². The molecule has 0 heterocycles. The van der Waals surface area contributed by atoms with Crippen LogP contribution in [-0.4, -0.2) is 24.0 Å². The van der Waals surface area contributed by atoms with Gasteiger partial charge >= 0.3 is 0 Å². The summed E-state index contributed by atoms with van der Waals surface area (Å²) in [6, 6.07) is 0.777. The molecule has 0 rings (SSSR count). The number of rotatable bonds is 10. The fraction of sp³-hybridized carbons (Fsp3) is 1.00. The minimum atomic E-state index is 0. The predicted molar refractivity (Wildman–Crippen MR) is 77.6 cm³/mol. The number of hydrogen-bond donors (Lipinski definition) is 0. The molecule has 1 unspecified atom stereocenters. The summed E-state index contributed by atoms with van der Waals surface area (Å²) in [5.41, 5.74) is 0. The van der Waals surface area contributed by atoms with E-state index in [0.29, 0.717) is 0 Å². The first-order valence-electron chi connectivity index (χ1n) is 7.00. The van der Waals surface area contributed by atoms with Crippen molar-refractivity contribution < 1.29 is 0 Å². The summed E-state index contributed by atoms with van der Waals surface area (Å²) >= 11 is 0. The number of nitrogens with zero attached hydrogens (tertiary/aromatic N) is 1. The average Bonchev–Trinajstić information content (AvgIpc) is 2.26. The lowest BCUT2D eigenvalue weighted by Gasteiger charge is -2.28. The maximum Gasteiger partial charge on any atom is 0.00643 e. The second-order valence-corrected chi connectivity index (χ2v) is 4.71. The van der Waals surface area contributed by atoms with Crippen molar-refractivity contribution in [2.45, 2.75) is 78.7 Å². The molecule has 0 amide bonds. The summed E-state index contributed by atoms with van der Waals surface area (Å²) in [4.78, 5) is 2.69. The third-order valence-corrected chi connectivity index (χ3v) is 3.31. The Kier molecular flexibility index (Phi) is 15.5. The second-order valence-electron chi connectivity index (χ2n) is 4.71. The van der Waals surface area contributed by atoms with Crippen LogP contribution in [0.3, 0.4) is 0 Å². The smallest absolute Gasteiger partial charge is 0.00643 e. The van der Waals surface area contributed by atoms with Crippen LogP contribution < -0.4 is 0 Å². The van der Waals surface area contributed by atoms with Crippen molar-refractivity contribution in [2.24, 2.45) is 0 Å². The minimum absolute atomic E-state index is 0. The Bertz CT molecular complexity index is 118. The van der Waals surface area contributed by atoms with Gasteiger partial charge in [-0.25, -0.2) is 0 Å². The van der Waals surface area contributed by atoms with Crippen molar-refractivity contribution in [2.75, 3.05) is 13.1 Å². The highest BCUT2D eigenvalue weighted by atomic mass is 35.5. The van der Waals surface area contributed by atoms with Crippen molar-refractivity contribution in [1.82, 2.24) is 4.90 Å². The van der Waals surface area contributed by atoms with E-state index < -0.39 is 0 Å². The Morgan fingerprint density at radius 2 is 1.25 bits per heavy atom. The van der Waals surface area contributed by atoms with Gasteiger partial charge in [0.2, 0.25) is 0 Å². The second kappa shape index (κ2) is 13.3. The van der Waals surface area contributed by atoms with Gasteiger partial charge in [-0.3, -0.25) is 0 Å². The molecule has 0 aromatic heterocycles. The summed E-state index contributed by atoms with van der Waals surface area (Å²) in [6.07, 6.45) is 9.51. The van der Waals surface area contributed by atoms with Gasteiger partial charge in [-0.2, -0.15) is 0 Å². The van der Waals surface area contributed by atoms with Crippen LogP contribution in [0.5, 0.6) is 0 Å². The number of halogens is 1. The molecular formula is C14H32ClN. The Balaban J connectivity index is 0. The zero-order valence-corrected chi connectivity index (χ0v) is 12.6. The third-order valence-electron chi connectivity index (χ3n) is 3.31. The first kappa shape index (κ1) is 18.6.